The minimum Gasteiger partial charge on any atom is -0.377 e. The highest BCUT2D eigenvalue weighted by Crippen LogP contribution is 2.31. The van der Waals surface area contributed by atoms with Crippen LogP contribution in [0.1, 0.15) is 30.1 Å². The first-order valence-corrected chi connectivity index (χ1v) is 6.57. The van der Waals surface area contributed by atoms with Crippen LogP contribution in [0.2, 0.25) is 0 Å². The first-order chi connectivity index (χ1) is 9.51. The van der Waals surface area contributed by atoms with Gasteiger partial charge in [0.1, 0.15) is 5.69 Å². The molecule has 2 rings (SSSR count). The fourth-order valence-corrected chi connectivity index (χ4v) is 1.76. The van der Waals surface area contributed by atoms with Crippen molar-refractivity contribution in [1.82, 2.24) is 5.32 Å². The Morgan fingerprint density at radius 3 is 2.80 bits per heavy atom. The molecule has 0 aliphatic heterocycles. The van der Waals surface area contributed by atoms with Crippen molar-refractivity contribution in [3.8, 4) is 0 Å². The first-order valence-electron chi connectivity index (χ1n) is 6.57. The number of amides is 1. The summed E-state index contributed by atoms with van der Waals surface area (Å²) < 4.78 is 0. The molecule has 0 radical (unpaired) electrons. The van der Waals surface area contributed by atoms with Crippen LogP contribution in [-0.4, -0.2) is 29.5 Å². The lowest BCUT2D eigenvalue weighted by atomic mass is 10.1. The third-order valence-electron chi connectivity index (χ3n) is 3.12. The Morgan fingerprint density at radius 1 is 1.55 bits per heavy atom. The number of nitrogens with zero attached hydrogens (tertiary/aromatic N) is 1. The van der Waals surface area contributed by atoms with Crippen LogP contribution in [0.25, 0.3) is 0 Å². The Hall–Kier alpha value is -2.15. The average molecular weight is 278 g/mol. The van der Waals surface area contributed by atoms with Gasteiger partial charge in [-0.05, 0) is 31.9 Å². The third kappa shape index (κ3) is 3.45. The molecular weight excluding hydrogens is 260 g/mol. The van der Waals surface area contributed by atoms with Crippen LogP contribution in [0.5, 0.6) is 0 Å². The van der Waals surface area contributed by atoms with Crippen molar-refractivity contribution in [2.75, 3.05) is 11.9 Å². The van der Waals surface area contributed by atoms with E-state index in [-0.39, 0.29) is 23.2 Å². The van der Waals surface area contributed by atoms with Gasteiger partial charge in [0.2, 0.25) is 0 Å². The summed E-state index contributed by atoms with van der Waals surface area (Å²) in [7, 11) is 0. The molecule has 0 spiro atoms. The SMILES string of the molecule is C[C@@H](CN)NC(=O)c1ccc(NC2CC2)c([N+](=O)[O-])c1. The number of benzene rings is 1. The van der Waals surface area contributed by atoms with Crippen LogP contribution in [0.15, 0.2) is 18.2 Å². The van der Waals surface area contributed by atoms with Gasteiger partial charge in [0.25, 0.3) is 11.6 Å². The van der Waals surface area contributed by atoms with E-state index >= 15 is 0 Å². The Labute approximate surface area is 116 Å². The van der Waals surface area contributed by atoms with Crippen molar-refractivity contribution in [2.24, 2.45) is 5.73 Å². The largest absolute Gasteiger partial charge is 0.377 e. The van der Waals surface area contributed by atoms with E-state index in [0.29, 0.717) is 18.3 Å². The highest BCUT2D eigenvalue weighted by Gasteiger charge is 2.25. The van der Waals surface area contributed by atoms with Gasteiger partial charge >= 0.3 is 0 Å². The summed E-state index contributed by atoms with van der Waals surface area (Å²) in [6.07, 6.45) is 2.04. The molecule has 1 aliphatic carbocycles. The molecule has 1 aromatic rings. The normalized spacial score (nSPS) is 15.5. The van der Waals surface area contributed by atoms with Gasteiger partial charge in [-0.3, -0.25) is 14.9 Å². The molecule has 108 valence electrons. The monoisotopic (exact) mass is 278 g/mol. The molecule has 1 fully saturated rings. The van der Waals surface area contributed by atoms with Gasteiger partial charge in [-0.15, -0.1) is 0 Å². The standard InChI is InChI=1S/C13H18N4O3/c1-8(7-14)15-13(18)9-2-5-11(16-10-3-4-10)12(6-9)17(19)20/h2,5-6,8,10,16H,3-4,7,14H2,1H3,(H,15,18)/t8-/m0/s1. The van der Waals surface area contributed by atoms with E-state index in [9.17, 15) is 14.9 Å². The molecule has 0 aromatic heterocycles. The lowest BCUT2D eigenvalue weighted by molar-refractivity contribution is -0.384. The Morgan fingerprint density at radius 2 is 2.25 bits per heavy atom. The molecule has 0 unspecified atom stereocenters. The number of hydrogen-bond acceptors (Lipinski definition) is 5. The zero-order chi connectivity index (χ0) is 14.7. The van der Waals surface area contributed by atoms with E-state index in [4.69, 9.17) is 5.73 Å². The van der Waals surface area contributed by atoms with Crippen molar-refractivity contribution in [1.29, 1.82) is 0 Å². The molecule has 0 bridgehead atoms. The van der Waals surface area contributed by atoms with Gasteiger partial charge in [0.15, 0.2) is 0 Å². The molecule has 7 nitrogen and oxygen atoms in total. The average Bonchev–Trinajstić information content (AvgIpc) is 3.22. The maximum Gasteiger partial charge on any atom is 0.293 e. The van der Waals surface area contributed by atoms with E-state index in [1.165, 1.54) is 6.07 Å². The number of hydrogen-bond donors (Lipinski definition) is 3. The lowest BCUT2D eigenvalue weighted by Crippen LogP contribution is -2.37. The van der Waals surface area contributed by atoms with Gasteiger partial charge in [-0.1, -0.05) is 0 Å². The Balaban J connectivity index is 2.20. The number of nitrogens with one attached hydrogen (secondary N) is 2. The van der Waals surface area contributed by atoms with E-state index in [2.05, 4.69) is 10.6 Å². The van der Waals surface area contributed by atoms with Crippen molar-refractivity contribution in [3.05, 3.63) is 33.9 Å². The smallest absolute Gasteiger partial charge is 0.293 e. The summed E-state index contributed by atoms with van der Waals surface area (Å²) in [5, 5.41) is 16.9. The number of nitro groups is 1. The minimum absolute atomic E-state index is 0.0787. The van der Waals surface area contributed by atoms with Gasteiger partial charge in [0, 0.05) is 30.3 Å². The maximum atomic E-state index is 11.9. The molecule has 1 aromatic carbocycles. The molecule has 1 atom stereocenters. The Bertz CT molecular complexity index is 528. The number of carbonyl (C=O) groups is 1. The van der Waals surface area contributed by atoms with Crippen LogP contribution in [-0.2, 0) is 0 Å². The van der Waals surface area contributed by atoms with Crippen LogP contribution in [0.4, 0.5) is 11.4 Å². The Kier molecular flexibility index (Phi) is 4.19. The molecule has 20 heavy (non-hydrogen) atoms. The second kappa shape index (κ2) is 5.87. The van der Waals surface area contributed by atoms with E-state index in [1.54, 1.807) is 19.1 Å². The summed E-state index contributed by atoms with van der Waals surface area (Å²) in [5.41, 5.74) is 6.07. The van der Waals surface area contributed by atoms with Crippen molar-refractivity contribution >= 4 is 17.3 Å². The maximum absolute atomic E-state index is 11.9. The van der Waals surface area contributed by atoms with E-state index in [1.807, 2.05) is 0 Å². The second-order valence-electron chi connectivity index (χ2n) is 5.02. The highest BCUT2D eigenvalue weighted by atomic mass is 16.6. The quantitative estimate of drug-likeness (QED) is 0.535. The molecule has 7 heteroatoms. The molecule has 0 heterocycles. The third-order valence-corrected chi connectivity index (χ3v) is 3.12. The zero-order valence-corrected chi connectivity index (χ0v) is 11.3. The van der Waals surface area contributed by atoms with Gasteiger partial charge < -0.3 is 16.4 Å². The molecule has 1 amide bonds. The summed E-state index contributed by atoms with van der Waals surface area (Å²) in [6, 6.07) is 4.59. The molecule has 0 saturated heterocycles. The van der Waals surface area contributed by atoms with Crippen molar-refractivity contribution < 1.29 is 9.72 Å². The van der Waals surface area contributed by atoms with Crippen LogP contribution in [0, 0.1) is 10.1 Å². The number of anilines is 1. The zero-order valence-electron chi connectivity index (χ0n) is 11.3. The summed E-state index contributed by atoms with van der Waals surface area (Å²) in [5.74, 6) is -0.357. The van der Waals surface area contributed by atoms with Crippen molar-refractivity contribution in [2.45, 2.75) is 31.8 Å². The number of carbonyl (C=O) groups excluding carboxylic acids is 1. The first kappa shape index (κ1) is 14.3. The van der Waals surface area contributed by atoms with Crippen LogP contribution >= 0.6 is 0 Å². The molecule has 1 saturated carbocycles. The van der Waals surface area contributed by atoms with Crippen molar-refractivity contribution in [3.63, 3.8) is 0 Å². The van der Waals surface area contributed by atoms with Gasteiger partial charge in [0.05, 0.1) is 4.92 Å². The second-order valence-corrected chi connectivity index (χ2v) is 5.02. The summed E-state index contributed by atoms with van der Waals surface area (Å²) >= 11 is 0. The fraction of sp³-hybridized carbons (Fsp3) is 0.462. The molecule has 4 N–H and O–H groups in total. The number of nitrogens with two attached hydrogens (primary N) is 1. The number of rotatable bonds is 6. The molecule has 1 aliphatic rings. The summed E-state index contributed by atoms with van der Waals surface area (Å²) in [6.45, 7) is 2.09. The summed E-state index contributed by atoms with van der Waals surface area (Å²) in [4.78, 5) is 22.5. The molecular formula is C13H18N4O3. The predicted molar refractivity (Wildman–Crippen MR) is 75.7 cm³/mol. The predicted octanol–water partition coefficient (Wildman–Crippen LogP) is 1.25. The highest BCUT2D eigenvalue weighted by molar-refractivity contribution is 5.95. The minimum atomic E-state index is -0.478. The van der Waals surface area contributed by atoms with Crippen LogP contribution in [0.3, 0.4) is 0 Å². The topological polar surface area (TPSA) is 110 Å². The lowest BCUT2D eigenvalue weighted by Gasteiger charge is -2.12. The fourth-order valence-electron chi connectivity index (χ4n) is 1.76. The van der Waals surface area contributed by atoms with E-state index in [0.717, 1.165) is 12.8 Å². The van der Waals surface area contributed by atoms with Gasteiger partial charge in [-0.2, -0.15) is 0 Å². The van der Waals surface area contributed by atoms with E-state index < -0.39 is 4.92 Å². The van der Waals surface area contributed by atoms with Gasteiger partial charge in [-0.25, -0.2) is 0 Å². The van der Waals surface area contributed by atoms with Crippen LogP contribution < -0.4 is 16.4 Å². The number of nitro benzene ring substituents is 1.